The maximum atomic E-state index is 5.94. The summed E-state index contributed by atoms with van der Waals surface area (Å²) in [4.78, 5) is 0. The molecule has 3 N–H and O–H groups in total. The third-order valence-corrected chi connectivity index (χ3v) is 2.56. The van der Waals surface area contributed by atoms with E-state index in [2.05, 4.69) is 28.9 Å². The minimum absolute atomic E-state index is 0.791. The van der Waals surface area contributed by atoms with Crippen LogP contribution in [0.4, 0.5) is 11.6 Å². The van der Waals surface area contributed by atoms with Crippen LogP contribution in [0.1, 0.15) is 12.5 Å². The first kappa shape index (κ1) is 10.6. The lowest BCUT2D eigenvalue weighted by molar-refractivity contribution is 0.819. The van der Waals surface area contributed by atoms with E-state index in [1.165, 1.54) is 5.56 Å². The van der Waals surface area contributed by atoms with Crippen molar-refractivity contribution in [3.05, 3.63) is 48.0 Å². The Morgan fingerprint density at radius 1 is 1.12 bits per heavy atom. The van der Waals surface area contributed by atoms with E-state index in [1.54, 1.807) is 0 Å². The van der Waals surface area contributed by atoms with Crippen molar-refractivity contribution in [2.45, 2.75) is 13.5 Å². The monoisotopic (exact) mass is 215 g/mol. The third-order valence-electron chi connectivity index (χ3n) is 2.56. The molecule has 2 rings (SSSR count). The molecule has 0 radical (unpaired) electrons. The summed E-state index contributed by atoms with van der Waals surface area (Å²) in [5.74, 6) is 1.86. The number of aromatic nitrogens is 1. The van der Waals surface area contributed by atoms with Gasteiger partial charge in [0.05, 0.1) is 6.54 Å². The lowest BCUT2D eigenvalue weighted by Gasteiger charge is -2.12. The molecule has 0 aliphatic carbocycles. The van der Waals surface area contributed by atoms with E-state index in [9.17, 15) is 0 Å². The molecule has 1 aromatic heterocycles. The van der Waals surface area contributed by atoms with Crippen LogP contribution in [0.5, 0.6) is 0 Å². The Morgan fingerprint density at radius 3 is 2.56 bits per heavy atom. The molecule has 0 aliphatic heterocycles. The number of nitrogens with two attached hydrogens (primary N) is 1. The van der Waals surface area contributed by atoms with Gasteiger partial charge in [-0.25, -0.2) is 0 Å². The van der Waals surface area contributed by atoms with Crippen LogP contribution in [0.3, 0.4) is 0 Å². The van der Waals surface area contributed by atoms with Crippen LogP contribution in [0.15, 0.2) is 42.5 Å². The van der Waals surface area contributed by atoms with E-state index in [1.807, 2.05) is 30.3 Å². The molecule has 0 saturated heterocycles. The molecule has 3 nitrogen and oxygen atoms in total. The first-order valence-corrected chi connectivity index (χ1v) is 5.54. The fraction of sp³-hybridized carbons (Fsp3) is 0.231. The van der Waals surface area contributed by atoms with Gasteiger partial charge in [0.25, 0.3) is 0 Å². The van der Waals surface area contributed by atoms with Crippen molar-refractivity contribution in [2.24, 2.45) is 0 Å². The summed E-state index contributed by atoms with van der Waals surface area (Å²) in [6.07, 6.45) is 0. The van der Waals surface area contributed by atoms with E-state index >= 15 is 0 Å². The Balaban J connectivity index is 2.23. The maximum Gasteiger partial charge on any atom is 0.107 e. The summed E-state index contributed by atoms with van der Waals surface area (Å²) in [6.45, 7) is 3.79. The molecule has 2 aromatic rings. The molecule has 1 heterocycles. The van der Waals surface area contributed by atoms with E-state index in [0.717, 1.165) is 24.7 Å². The smallest absolute Gasteiger partial charge is 0.107 e. The summed E-state index contributed by atoms with van der Waals surface area (Å²) in [6, 6.07) is 14.3. The fourth-order valence-corrected chi connectivity index (χ4v) is 1.76. The molecule has 84 valence electrons. The largest absolute Gasteiger partial charge is 0.385 e. The van der Waals surface area contributed by atoms with Gasteiger partial charge in [-0.2, -0.15) is 0 Å². The Bertz CT molecular complexity index is 445. The van der Waals surface area contributed by atoms with Crippen molar-refractivity contribution in [3.63, 3.8) is 0 Å². The van der Waals surface area contributed by atoms with Crippen LogP contribution in [0, 0.1) is 0 Å². The van der Waals surface area contributed by atoms with Gasteiger partial charge in [0.1, 0.15) is 11.6 Å². The highest BCUT2D eigenvalue weighted by atomic mass is 15.1. The number of nitrogens with zero attached hydrogens (tertiary/aromatic N) is 1. The second-order valence-corrected chi connectivity index (χ2v) is 3.75. The van der Waals surface area contributed by atoms with Crippen LogP contribution in [-0.4, -0.2) is 11.1 Å². The predicted octanol–water partition coefficient (Wildman–Crippen LogP) is 2.55. The molecule has 0 amide bonds. The van der Waals surface area contributed by atoms with Crippen LogP contribution >= 0.6 is 0 Å². The van der Waals surface area contributed by atoms with Crippen LogP contribution in [0.25, 0.3) is 0 Å². The molecular weight excluding hydrogens is 198 g/mol. The fourth-order valence-electron chi connectivity index (χ4n) is 1.76. The molecule has 16 heavy (non-hydrogen) atoms. The van der Waals surface area contributed by atoms with Gasteiger partial charge in [-0.15, -0.1) is 0 Å². The number of hydrogen-bond acceptors (Lipinski definition) is 2. The zero-order valence-electron chi connectivity index (χ0n) is 9.48. The average molecular weight is 215 g/mol. The van der Waals surface area contributed by atoms with Crippen molar-refractivity contribution in [1.82, 2.24) is 4.57 Å². The highest BCUT2D eigenvalue weighted by molar-refractivity contribution is 5.49. The Hall–Kier alpha value is -1.90. The molecule has 0 atom stereocenters. The zero-order chi connectivity index (χ0) is 11.4. The third kappa shape index (κ3) is 2.19. The van der Waals surface area contributed by atoms with Gasteiger partial charge in [0.2, 0.25) is 0 Å². The van der Waals surface area contributed by atoms with Crippen LogP contribution in [-0.2, 0) is 6.54 Å². The number of nitrogens with one attached hydrogen (secondary N) is 1. The number of hydrogen-bond donors (Lipinski definition) is 2. The normalized spacial score (nSPS) is 10.3. The van der Waals surface area contributed by atoms with Gasteiger partial charge in [-0.05, 0) is 24.6 Å². The molecule has 0 spiro atoms. The quantitative estimate of drug-likeness (QED) is 0.823. The number of benzene rings is 1. The van der Waals surface area contributed by atoms with E-state index < -0.39 is 0 Å². The summed E-state index contributed by atoms with van der Waals surface area (Å²) < 4.78 is 2.08. The molecule has 0 fully saturated rings. The number of rotatable bonds is 4. The van der Waals surface area contributed by atoms with E-state index in [0.29, 0.717) is 0 Å². The molecule has 1 aromatic carbocycles. The first-order chi connectivity index (χ1) is 7.81. The van der Waals surface area contributed by atoms with Crippen LogP contribution in [0.2, 0.25) is 0 Å². The van der Waals surface area contributed by atoms with Crippen LogP contribution < -0.4 is 11.1 Å². The lowest BCUT2D eigenvalue weighted by atomic mass is 10.2. The molecule has 0 saturated carbocycles. The number of nitrogen functional groups attached to an aromatic ring is 1. The standard InChI is InChI=1S/C13H17N3/c1-2-15-13-9-8-12(14)16(13)10-11-6-4-3-5-7-11/h3-9,15H,2,10,14H2,1H3. The van der Waals surface area contributed by atoms with Gasteiger partial charge in [-0.1, -0.05) is 30.3 Å². The second kappa shape index (κ2) is 4.75. The average Bonchev–Trinajstić information content (AvgIpc) is 2.64. The molecular formula is C13H17N3. The maximum absolute atomic E-state index is 5.94. The summed E-state index contributed by atoms with van der Waals surface area (Å²) >= 11 is 0. The Labute approximate surface area is 95.9 Å². The van der Waals surface area contributed by atoms with Crippen molar-refractivity contribution >= 4 is 11.6 Å². The minimum atomic E-state index is 0.791. The van der Waals surface area contributed by atoms with E-state index in [-0.39, 0.29) is 0 Å². The van der Waals surface area contributed by atoms with Gasteiger partial charge < -0.3 is 15.6 Å². The van der Waals surface area contributed by atoms with Gasteiger partial charge in [0.15, 0.2) is 0 Å². The lowest BCUT2D eigenvalue weighted by Crippen LogP contribution is -2.09. The molecule has 0 aliphatic rings. The first-order valence-electron chi connectivity index (χ1n) is 5.54. The molecule has 0 unspecified atom stereocenters. The topological polar surface area (TPSA) is 43.0 Å². The van der Waals surface area contributed by atoms with E-state index in [4.69, 9.17) is 5.73 Å². The summed E-state index contributed by atoms with van der Waals surface area (Å²) in [5, 5.41) is 3.30. The molecule has 3 heteroatoms. The SMILES string of the molecule is CCNc1ccc(N)n1Cc1ccccc1. The van der Waals surface area contributed by atoms with Crippen molar-refractivity contribution < 1.29 is 0 Å². The highest BCUT2D eigenvalue weighted by Gasteiger charge is 2.04. The Kier molecular flexibility index (Phi) is 3.15. The zero-order valence-corrected chi connectivity index (χ0v) is 9.48. The van der Waals surface area contributed by atoms with Gasteiger partial charge in [-0.3, -0.25) is 0 Å². The highest BCUT2D eigenvalue weighted by Crippen LogP contribution is 2.18. The predicted molar refractivity (Wildman–Crippen MR) is 68.6 cm³/mol. The minimum Gasteiger partial charge on any atom is -0.385 e. The molecule has 0 bridgehead atoms. The van der Waals surface area contributed by atoms with Crippen molar-refractivity contribution in [1.29, 1.82) is 0 Å². The van der Waals surface area contributed by atoms with Crippen molar-refractivity contribution in [2.75, 3.05) is 17.6 Å². The summed E-state index contributed by atoms with van der Waals surface area (Å²) in [7, 11) is 0. The second-order valence-electron chi connectivity index (χ2n) is 3.75. The number of anilines is 2. The van der Waals surface area contributed by atoms with Gasteiger partial charge in [0, 0.05) is 6.54 Å². The van der Waals surface area contributed by atoms with Crippen molar-refractivity contribution in [3.8, 4) is 0 Å². The Morgan fingerprint density at radius 2 is 1.88 bits per heavy atom. The van der Waals surface area contributed by atoms with Gasteiger partial charge >= 0.3 is 0 Å². The summed E-state index contributed by atoms with van der Waals surface area (Å²) in [5.41, 5.74) is 7.20.